The van der Waals surface area contributed by atoms with Crippen LogP contribution in [0, 0.1) is 11.8 Å². The largest absolute Gasteiger partial charge is 0.339 e. The van der Waals surface area contributed by atoms with E-state index in [9.17, 15) is 18.0 Å². The molecule has 1 saturated heterocycles. The van der Waals surface area contributed by atoms with Crippen LogP contribution in [0.3, 0.4) is 0 Å². The van der Waals surface area contributed by atoms with Crippen LogP contribution in [-0.4, -0.2) is 36.0 Å². The van der Waals surface area contributed by atoms with Gasteiger partial charge in [-0.15, -0.1) is 0 Å². The summed E-state index contributed by atoms with van der Waals surface area (Å²) >= 11 is 0. The number of rotatable bonds is 1. The highest BCUT2D eigenvalue weighted by atomic mass is 19.3. The lowest BCUT2D eigenvalue weighted by atomic mass is 10.1. The lowest BCUT2D eigenvalue weighted by molar-refractivity contribution is -0.134. The summed E-state index contributed by atoms with van der Waals surface area (Å²) in [6, 6.07) is 0. The molecule has 1 unspecified atom stereocenters. The van der Waals surface area contributed by atoms with Gasteiger partial charge in [-0.1, -0.05) is 6.92 Å². The number of nitrogens with zero attached hydrogens (tertiary/aromatic N) is 1. The Hall–Kier alpha value is -0.740. The number of carbonyl (C=O) groups excluding carboxylic acids is 1. The van der Waals surface area contributed by atoms with Gasteiger partial charge in [0.25, 0.3) is 5.92 Å². The molecule has 1 amide bonds. The van der Waals surface area contributed by atoms with Gasteiger partial charge in [0.1, 0.15) is 12.1 Å². The van der Waals surface area contributed by atoms with Gasteiger partial charge in [0.15, 0.2) is 0 Å². The number of alkyl halides is 3. The first-order valence-corrected chi connectivity index (χ1v) is 4.72. The maximum atomic E-state index is 13.0. The highest BCUT2D eigenvalue weighted by molar-refractivity contribution is 5.83. The Bertz CT molecular complexity index is 259. The van der Waals surface area contributed by atoms with Gasteiger partial charge in [0.05, 0.1) is 6.54 Å². The zero-order chi connectivity index (χ0) is 10.5. The number of hydrogen-bond donors (Lipinski definition) is 0. The summed E-state index contributed by atoms with van der Waals surface area (Å²) in [5, 5.41) is 0. The van der Waals surface area contributed by atoms with Crippen molar-refractivity contribution < 1.29 is 18.0 Å². The zero-order valence-electron chi connectivity index (χ0n) is 7.84. The number of likely N-dealkylation sites (tertiary alicyclic amines) is 1. The van der Waals surface area contributed by atoms with Crippen LogP contribution in [0.2, 0.25) is 0 Å². The van der Waals surface area contributed by atoms with E-state index in [1.54, 1.807) is 6.92 Å². The Morgan fingerprint density at radius 3 is 2.36 bits per heavy atom. The molecule has 2 aliphatic rings. The zero-order valence-corrected chi connectivity index (χ0v) is 7.84. The van der Waals surface area contributed by atoms with Crippen molar-refractivity contribution in [3.8, 4) is 0 Å². The molecule has 1 aliphatic heterocycles. The van der Waals surface area contributed by atoms with E-state index in [4.69, 9.17) is 0 Å². The molecule has 0 radical (unpaired) electrons. The molecule has 1 heterocycles. The molecular weight excluding hydrogens is 195 g/mol. The van der Waals surface area contributed by atoms with E-state index in [0.717, 1.165) is 0 Å². The van der Waals surface area contributed by atoms with Crippen LogP contribution >= 0.6 is 0 Å². The van der Waals surface area contributed by atoms with Gasteiger partial charge < -0.3 is 4.90 Å². The fourth-order valence-electron chi connectivity index (χ4n) is 1.81. The molecule has 1 aliphatic carbocycles. The van der Waals surface area contributed by atoms with Crippen molar-refractivity contribution in [1.29, 1.82) is 0 Å². The van der Waals surface area contributed by atoms with Crippen LogP contribution in [0.15, 0.2) is 0 Å². The topological polar surface area (TPSA) is 20.3 Å². The van der Waals surface area contributed by atoms with E-state index in [2.05, 4.69) is 0 Å². The van der Waals surface area contributed by atoms with Crippen molar-refractivity contribution in [3.05, 3.63) is 0 Å². The van der Waals surface area contributed by atoms with Crippen molar-refractivity contribution in [2.24, 2.45) is 11.8 Å². The average Bonchev–Trinajstić information content (AvgIpc) is 2.59. The fourth-order valence-corrected chi connectivity index (χ4v) is 1.81. The van der Waals surface area contributed by atoms with Gasteiger partial charge >= 0.3 is 0 Å². The molecule has 0 bridgehead atoms. The van der Waals surface area contributed by atoms with Crippen molar-refractivity contribution >= 4 is 5.91 Å². The van der Waals surface area contributed by atoms with E-state index in [-0.39, 0.29) is 25.4 Å². The third-order valence-electron chi connectivity index (χ3n) is 2.96. The molecule has 0 spiro atoms. The SMILES string of the molecule is C[C@@H]1CN(C(=O)C2CC2(F)F)C[C@@H]1F. The molecule has 3 atom stereocenters. The normalized spacial score (nSPS) is 40.0. The summed E-state index contributed by atoms with van der Waals surface area (Å²) in [5.74, 6) is -4.83. The molecule has 2 nitrogen and oxygen atoms in total. The van der Waals surface area contributed by atoms with E-state index < -0.39 is 23.9 Å². The van der Waals surface area contributed by atoms with Crippen LogP contribution in [0.4, 0.5) is 13.2 Å². The molecule has 1 saturated carbocycles. The first-order valence-electron chi connectivity index (χ1n) is 4.72. The monoisotopic (exact) mass is 207 g/mol. The minimum Gasteiger partial charge on any atom is -0.339 e. The number of carbonyl (C=O) groups is 1. The summed E-state index contributed by atoms with van der Waals surface area (Å²) in [4.78, 5) is 12.6. The van der Waals surface area contributed by atoms with Crippen LogP contribution in [0.25, 0.3) is 0 Å². The van der Waals surface area contributed by atoms with E-state index in [1.165, 1.54) is 4.90 Å². The van der Waals surface area contributed by atoms with E-state index in [0.29, 0.717) is 0 Å². The van der Waals surface area contributed by atoms with Crippen molar-refractivity contribution in [1.82, 2.24) is 4.90 Å². The molecule has 5 heteroatoms. The summed E-state index contributed by atoms with van der Waals surface area (Å²) < 4.78 is 38.1. The van der Waals surface area contributed by atoms with E-state index in [1.807, 2.05) is 0 Å². The third-order valence-corrected chi connectivity index (χ3v) is 2.96. The Morgan fingerprint density at radius 2 is 2.00 bits per heavy atom. The second kappa shape index (κ2) is 2.87. The predicted octanol–water partition coefficient (Wildman–Crippen LogP) is 1.46. The highest BCUT2D eigenvalue weighted by Gasteiger charge is 2.62. The molecule has 2 fully saturated rings. The minimum absolute atomic E-state index is 0.0212. The number of amides is 1. The molecule has 0 aromatic heterocycles. The molecule has 14 heavy (non-hydrogen) atoms. The quantitative estimate of drug-likeness (QED) is 0.637. The van der Waals surface area contributed by atoms with Gasteiger partial charge in [-0.2, -0.15) is 0 Å². The van der Waals surface area contributed by atoms with Crippen LogP contribution < -0.4 is 0 Å². The average molecular weight is 207 g/mol. The van der Waals surface area contributed by atoms with Crippen molar-refractivity contribution in [2.75, 3.05) is 13.1 Å². The van der Waals surface area contributed by atoms with Crippen LogP contribution in [0.5, 0.6) is 0 Å². The lowest BCUT2D eigenvalue weighted by Crippen LogP contribution is -2.32. The highest BCUT2D eigenvalue weighted by Crippen LogP contribution is 2.49. The Kier molecular flexibility index (Phi) is 2.01. The first kappa shape index (κ1) is 9.80. The maximum absolute atomic E-state index is 13.0. The third kappa shape index (κ3) is 1.48. The van der Waals surface area contributed by atoms with Crippen LogP contribution in [0.1, 0.15) is 13.3 Å². The Morgan fingerprint density at radius 1 is 1.43 bits per heavy atom. The molecule has 0 N–H and O–H groups in total. The summed E-state index contributed by atoms with van der Waals surface area (Å²) in [7, 11) is 0. The fraction of sp³-hybridized carbons (Fsp3) is 0.889. The van der Waals surface area contributed by atoms with E-state index >= 15 is 0 Å². The molecule has 2 rings (SSSR count). The number of hydrogen-bond acceptors (Lipinski definition) is 1. The van der Waals surface area contributed by atoms with Crippen LogP contribution in [-0.2, 0) is 4.79 Å². The second-order valence-electron chi connectivity index (χ2n) is 4.25. The summed E-state index contributed by atoms with van der Waals surface area (Å²) in [6.07, 6.45) is -1.43. The lowest BCUT2D eigenvalue weighted by Gasteiger charge is -2.14. The number of halogens is 3. The first-order chi connectivity index (χ1) is 6.42. The smallest absolute Gasteiger partial charge is 0.260 e. The summed E-state index contributed by atoms with van der Waals surface area (Å²) in [5.41, 5.74) is 0. The molecule has 0 aromatic carbocycles. The van der Waals surface area contributed by atoms with Gasteiger partial charge in [0, 0.05) is 18.9 Å². The summed E-state index contributed by atoms with van der Waals surface area (Å²) in [6.45, 7) is 1.93. The molecule has 0 aromatic rings. The van der Waals surface area contributed by atoms with Crippen molar-refractivity contribution in [3.63, 3.8) is 0 Å². The van der Waals surface area contributed by atoms with Gasteiger partial charge in [-0.3, -0.25) is 4.79 Å². The molecular formula is C9H12F3NO. The van der Waals surface area contributed by atoms with Gasteiger partial charge in [0.2, 0.25) is 5.91 Å². The second-order valence-corrected chi connectivity index (χ2v) is 4.25. The Balaban J connectivity index is 1.95. The van der Waals surface area contributed by atoms with Gasteiger partial charge in [-0.25, -0.2) is 13.2 Å². The maximum Gasteiger partial charge on any atom is 0.260 e. The molecule has 80 valence electrons. The van der Waals surface area contributed by atoms with Crippen molar-refractivity contribution in [2.45, 2.75) is 25.4 Å². The minimum atomic E-state index is -2.84. The standard InChI is InChI=1S/C9H12F3NO/c1-5-3-13(4-7(5)10)8(14)6-2-9(6,11)12/h5-7H,2-4H2,1H3/t5-,6?,7+/m1/s1. The van der Waals surface area contributed by atoms with Gasteiger partial charge in [-0.05, 0) is 0 Å². The Labute approximate surface area is 80.1 Å². The predicted molar refractivity (Wildman–Crippen MR) is 43.7 cm³/mol.